The number of rotatable bonds is 5. The summed E-state index contributed by atoms with van der Waals surface area (Å²) < 4.78 is 5.61. The van der Waals surface area contributed by atoms with Crippen LogP contribution in [-0.2, 0) is 4.74 Å². The Bertz CT molecular complexity index is 683. The van der Waals surface area contributed by atoms with Gasteiger partial charge in [0.2, 0.25) is 0 Å². The normalized spacial score (nSPS) is 17.2. The molecule has 0 aliphatic carbocycles. The van der Waals surface area contributed by atoms with E-state index in [1.807, 2.05) is 0 Å². The Hall–Kier alpha value is -2.34. The summed E-state index contributed by atoms with van der Waals surface area (Å²) in [7, 11) is 0. The predicted octanol–water partition coefficient (Wildman–Crippen LogP) is 3.01. The summed E-state index contributed by atoms with van der Waals surface area (Å²) in [5.41, 5.74) is 10.1. The molecule has 1 aliphatic heterocycles. The van der Waals surface area contributed by atoms with Gasteiger partial charge in [-0.05, 0) is 43.9 Å². The molecule has 1 fully saturated rings. The Kier molecular flexibility index (Phi) is 4.62. The van der Waals surface area contributed by atoms with Crippen molar-refractivity contribution in [1.82, 2.24) is 9.97 Å². The van der Waals surface area contributed by atoms with E-state index in [0.29, 0.717) is 23.9 Å². The van der Waals surface area contributed by atoms with Crippen molar-refractivity contribution in [2.75, 3.05) is 29.5 Å². The number of ether oxygens (including phenoxy) is 1. The molecule has 23 heavy (non-hydrogen) atoms. The molecule has 122 valence electrons. The van der Waals surface area contributed by atoms with Gasteiger partial charge in [-0.3, -0.25) is 0 Å². The number of nitrogens with two attached hydrogens (primary N) is 1. The Labute approximate surface area is 136 Å². The Morgan fingerprint density at radius 3 is 2.87 bits per heavy atom. The minimum absolute atomic E-state index is 0.236. The van der Waals surface area contributed by atoms with Gasteiger partial charge in [0.05, 0.1) is 6.10 Å². The molecule has 2 heterocycles. The van der Waals surface area contributed by atoms with Gasteiger partial charge < -0.3 is 21.1 Å². The summed E-state index contributed by atoms with van der Waals surface area (Å²) in [6.07, 6.45) is 3.94. The predicted molar refractivity (Wildman–Crippen MR) is 93.1 cm³/mol. The van der Waals surface area contributed by atoms with E-state index in [1.165, 1.54) is 11.9 Å². The molecule has 0 radical (unpaired) electrons. The number of aromatic nitrogens is 2. The maximum atomic E-state index is 6.21. The summed E-state index contributed by atoms with van der Waals surface area (Å²) in [5, 5.41) is 6.57. The van der Waals surface area contributed by atoms with E-state index in [0.717, 1.165) is 30.7 Å². The number of nitrogens with one attached hydrogen (secondary N) is 2. The third kappa shape index (κ3) is 3.71. The first kappa shape index (κ1) is 15.6. The zero-order valence-corrected chi connectivity index (χ0v) is 13.6. The summed E-state index contributed by atoms with van der Waals surface area (Å²) >= 11 is 0. The van der Waals surface area contributed by atoms with Crippen molar-refractivity contribution in [2.24, 2.45) is 0 Å². The van der Waals surface area contributed by atoms with Gasteiger partial charge in [-0.1, -0.05) is 12.1 Å². The zero-order valence-electron chi connectivity index (χ0n) is 13.6. The smallest absolute Gasteiger partial charge is 0.159 e. The second kappa shape index (κ2) is 6.83. The highest BCUT2D eigenvalue weighted by Gasteiger charge is 2.16. The van der Waals surface area contributed by atoms with Crippen molar-refractivity contribution >= 4 is 23.0 Å². The van der Waals surface area contributed by atoms with Crippen LogP contribution in [0.2, 0.25) is 0 Å². The molecule has 1 atom stereocenters. The monoisotopic (exact) mass is 313 g/mol. The minimum atomic E-state index is 0.236. The first-order valence-electron chi connectivity index (χ1n) is 7.93. The number of hydrogen-bond acceptors (Lipinski definition) is 6. The van der Waals surface area contributed by atoms with Gasteiger partial charge in [-0.2, -0.15) is 0 Å². The lowest BCUT2D eigenvalue weighted by Crippen LogP contribution is -2.20. The van der Waals surface area contributed by atoms with Crippen LogP contribution in [0.5, 0.6) is 0 Å². The molecule has 3 rings (SSSR count). The van der Waals surface area contributed by atoms with Crippen LogP contribution in [0, 0.1) is 13.8 Å². The molecule has 1 unspecified atom stereocenters. The van der Waals surface area contributed by atoms with Crippen LogP contribution in [0.1, 0.15) is 24.0 Å². The minimum Gasteiger partial charge on any atom is -0.393 e. The van der Waals surface area contributed by atoms with Crippen LogP contribution in [0.25, 0.3) is 0 Å². The highest BCUT2D eigenvalue weighted by molar-refractivity contribution is 5.78. The van der Waals surface area contributed by atoms with Crippen molar-refractivity contribution in [1.29, 1.82) is 0 Å². The van der Waals surface area contributed by atoms with E-state index >= 15 is 0 Å². The van der Waals surface area contributed by atoms with E-state index in [-0.39, 0.29) is 6.10 Å². The molecule has 0 saturated carbocycles. The fraction of sp³-hybridized carbons (Fsp3) is 0.412. The van der Waals surface area contributed by atoms with Crippen LogP contribution >= 0.6 is 0 Å². The molecular formula is C17H23N5O. The first-order chi connectivity index (χ1) is 11.1. The number of aryl methyl sites for hydroxylation is 2. The lowest BCUT2D eigenvalue weighted by molar-refractivity contribution is 0.120. The largest absolute Gasteiger partial charge is 0.393 e. The average Bonchev–Trinajstić information content (AvgIpc) is 3.05. The number of nitrogens with zero attached hydrogens (tertiary/aromatic N) is 2. The van der Waals surface area contributed by atoms with Crippen molar-refractivity contribution in [3.05, 3.63) is 35.7 Å². The van der Waals surface area contributed by atoms with Crippen molar-refractivity contribution in [3.63, 3.8) is 0 Å². The van der Waals surface area contributed by atoms with Gasteiger partial charge in [0.25, 0.3) is 0 Å². The molecule has 1 aromatic heterocycles. The van der Waals surface area contributed by atoms with Crippen LogP contribution in [0.3, 0.4) is 0 Å². The van der Waals surface area contributed by atoms with E-state index in [1.54, 1.807) is 0 Å². The maximum Gasteiger partial charge on any atom is 0.159 e. The molecule has 4 N–H and O–H groups in total. The second-order valence-corrected chi connectivity index (χ2v) is 5.94. The standard InChI is InChI=1S/C17H23N5O/c1-11-5-6-12(2)14(8-11)22-17-15(18)16(20-10-21-17)19-9-13-4-3-7-23-13/h5-6,8,10,13H,3-4,7,9,18H2,1-2H3,(H2,19,20,21,22). The molecule has 1 aromatic carbocycles. The molecular weight excluding hydrogens is 290 g/mol. The van der Waals surface area contributed by atoms with E-state index < -0.39 is 0 Å². The number of hydrogen-bond donors (Lipinski definition) is 3. The topological polar surface area (TPSA) is 85.1 Å². The molecule has 0 amide bonds. The maximum absolute atomic E-state index is 6.21. The number of anilines is 4. The highest BCUT2D eigenvalue weighted by Crippen LogP contribution is 2.28. The van der Waals surface area contributed by atoms with Crippen molar-refractivity contribution < 1.29 is 4.74 Å². The molecule has 0 bridgehead atoms. The van der Waals surface area contributed by atoms with Crippen LogP contribution in [0.15, 0.2) is 24.5 Å². The van der Waals surface area contributed by atoms with E-state index in [9.17, 15) is 0 Å². The van der Waals surface area contributed by atoms with Crippen molar-refractivity contribution in [3.8, 4) is 0 Å². The van der Waals surface area contributed by atoms with E-state index in [2.05, 4.69) is 52.6 Å². The fourth-order valence-corrected chi connectivity index (χ4v) is 2.65. The Morgan fingerprint density at radius 2 is 2.09 bits per heavy atom. The molecule has 6 nitrogen and oxygen atoms in total. The second-order valence-electron chi connectivity index (χ2n) is 5.94. The first-order valence-corrected chi connectivity index (χ1v) is 7.93. The van der Waals surface area contributed by atoms with Crippen LogP contribution in [-0.4, -0.2) is 29.2 Å². The SMILES string of the molecule is Cc1ccc(C)c(Nc2ncnc(NCC3CCCO3)c2N)c1. The molecule has 1 aliphatic rings. The highest BCUT2D eigenvalue weighted by atomic mass is 16.5. The molecule has 2 aromatic rings. The third-order valence-corrected chi connectivity index (χ3v) is 4.05. The lowest BCUT2D eigenvalue weighted by Gasteiger charge is -2.15. The summed E-state index contributed by atoms with van der Waals surface area (Å²) in [6, 6.07) is 6.24. The zero-order chi connectivity index (χ0) is 16.2. The Balaban J connectivity index is 1.74. The average molecular weight is 313 g/mol. The van der Waals surface area contributed by atoms with E-state index in [4.69, 9.17) is 10.5 Å². The Morgan fingerprint density at radius 1 is 1.26 bits per heavy atom. The van der Waals surface area contributed by atoms with Gasteiger partial charge in [0, 0.05) is 18.8 Å². The summed E-state index contributed by atoms with van der Waals surface area (Å²) in [5.74, 6) is 1.26. The van der Waals surface area contributed by atoms with Crippen LogP contribution in [0.4, 0.5) is 23.0 Å². The van der Waals surface area contributed by atoms with Gasteiger partial charge in [-0.15, -0.1) is 0 Å². The molecule has 0 spiro atoms. The number of nitrogen functional groups attached to an aromatic ring is 1. The molecule has 6 heteroatoms. The molecule has 1 saturated heterocycles. The lowest BCUT2D eigenvalue weighted by atomic mass is 10.1. The van der Waals surface area contributed by atoms with Gasteiger partial charge in [0.15, 0.2) is 11.6 Å². The summed E-state index contributed by atoms with van der Waals surface area (Å²) in [4.78, 5) is 8.51. The number of benzene rings is 1. The van der Waals surface area contributed by atoms with Gasteiger partial charge in [0.1, 0.15) is 12.0 Å². The fourth-order valence-electron chi connectivity index (χ4n) is 2.65. The summed E-state index contributed by atoms with van der Waals surface area (Å²) in [6.45, 7) is 5.66. The quantitative estimate of drug-likeness (QED) is 0.787. The van der Waals surface area contributed by atoms with Crippen molar-refractivity contribution in [2.45, 2.75) is 32.8 Å². The van der Waals surface area contributed by atoms with Gasteiger partial charge >= 0.3 is 0 Å². The van der Waals surface area contributed by atoms with Crippen LogP contribution < -0.4 is 16.4 Å². The van der Waals surface area contributed by atoms with Gasteiger partial charge in [-0.25, -0.2) is 9.97 Å². The third-order valence-electron chi connectivity index (χ3n) is 4.05.